The molecule has 6 nitrogen and oxygen atoms in total. The maximum Gasteiger partial charge on any atom is 0.264 e. The van der Waals surface area contributed by atoms with E-state index in [0.717, 1.165) is 6.26 Å². The average Bonchev–Trinajstić information content (AvgIpc) is 1.96. The van der Waals surface area contributed by atoms with Crippen LogP contribution in [0.4, 0.5) is 0 Å². The highest BCUT2D eigenvalue weighted by Gasteiger charge is 2.33. The molecule has 0 radical (unpaired) electrons. The molecule has 3 atom stereocenters. The smallest absolute Gasteiger partial charge is 0.264 e. The Morgan fingerprint density at radius 3 is 2.54 bits per heavy atom. The van der Waals surface area contributed by atoms with E-state index >= 15 is 0 Å². The van der Waals surface area contributed by atoms with Crippen LogP contribution in [0.25, 0.3) is 0 Å². The molecule has 1 aliphatic rings. The summed E-state index contributed by atoms with van der Waals surface area (Å²) in [5, 5.41) is 21.2. The molecule has 0 bridgehead atoms. The number of β-amino-alcohol motifs (C(OH)–C–C–N with tert-alkyl or cyclic N) is 1. The van der Waals surface area contributed by atoms with Gasteiger partial charge in [-0.3, -0.25) is 4.18 Å². The number of nitrogens with one attached hydrogen (secondary N) is 1. The average molecular weight is 211 g/mol. The normalized spacial score (nSPS) is 36.1. The summed E-state index contributed by atoms with van der Waals surface area (Å²) in [7, 11) is -3.59. The number of rotatable bonds is 2. The summed E-state index contributed by atoms with van der Waals surface area (Å²) in [6.45, 7) is 0.454. The molecule has 78 valence electrons. The van der Waals surface area contributed by atoms with Gasteiger partial charge < -0.3 is 15.5 Å². The Morgan fingerprint density at radius 1 is 1.38 bits per heavy atom. The van der Waals surface area contributed by atoms with Crippen molar-refractivity contribution in [1.29, 1.82) is 0 Å². The molecular weight excluding hydrogens is 198 g/mol. The van der Waals surface area contributed by atoms with Crippen LogP contribution in [0.3, 0.4) is 0 Å². The number of hydrogen-bond donors (Lipinski definition) is 3. The minimum Gasteiger partial charge on any atom is -0.389 e. The third-order valence-electron chi connectivity index (χ3n) is 1.77. The first kappa shape index (κ1) is 10.9. The van der Waals surface area contributed by atoms with Crippen LogP contribution in [0.2, 0.25) is 0 Å². The Kier molecular flexibility index (Phi) is 3.25. The second kappa shape index (κ2) is 3.89. The third kappa shape index (κ3) is 3.20. The van der Waals surface area contributed by atoms with Gasteiger partial charge >= 0.3 is 0 Å². The molecule has 13 heavy (non-hydrogen) atoms. The second-order valence-electron chi connectivity index (χ2n) is 3.05. The second-order valence-corrected chi connectivity index (χ2v) is 4.66. The zero-order valence-corrected chi connectivity index (χ0v) is 7.99. The Morgan fingerprint density at radius 2 is 2.00 bits per heavy atom. The molecule has 1 aliphatic heterocycles. The lowest BCUT2D eigenvalue weighted by atomic mass is 10.0. The SMILES string of the molecule is CS(=O)(=O)O[C@@H]1CNC[C@H](O)[C@H]1O. The Labute approximate surface area is 76.6 Å². The van der Waals surface area contributed by atoms with Gasteiger partial charge in [-0.2, -0.15) is 8.42 Å². The number of hydrogen-bond acceptors (Lipinski definition) is 6. The van der Waals surface area contributed by atoms with Crippen molar-refractivity contribution < 1.29 is 22.8 Å². The summed E-state index contributed by atoms with van der Waals surface area (Å²) in [5.74, 6) is 0. The highest BCUT2D eigenvalue weighted by atomic mass is 32.2. The van der Waals surface area contributed by atoms with Crippen LogP contribution in [-0.4, -0.2) is 56.3 Å². The van der Waals surface area contributed by atoms with Crippen molar-refractivity contribution in [3.63, 3.8) is 0 Å². The Hall–Kier alpha value is -0.210. The van der Waals surface area contributed by atoms with Crippen LogP contribution in [0.1, 0.15) is 0 Å². The van der Waals surface area contributed by atoms with E-state index in [4.69, 9.17) is 5.11 Å². The molecule has 0 aromatic rings. The fraction of sp³-hybridized carbons (Fsp3) is 1.00. The van der Waals surface area contributed by atoms with Gasteiger partial charge in [0, 0.05) is 13.1 Å². The van der Waals surface area contributed by atoms with E-state index in [1.54, 1.807) is 0 Å². The number of aliphatic hydroxyl groups excluding tert-OH is 2. The molecule has 3 N–H and O–H groups in total. The van der Waals surface area contributed by atoms with Gasteiger partial charge in [-0.05, 0) is 0 Å². The zero-order chi connectivity index (χ0) is 10.1. The van der Waals surface area contributed by atoms with Crippen molar-refractivity contribution in [2.75, 3.05) is 19.3 Å². The molecule has 7 heteroatoms. The molecule has 0 saturated carbocycles. The lowest BCUT2D eigenvalue weighted by Crippen LogP contribution is -2.54. The lowest BCUT2D eigenvalue weighted by Gasteiger charge is -2.31. The molecule has 1 heterocycles. The minimum absolute atomic E-state index is 0.214. The maximum absolute atomic E-state index is 10.7. The molecule has 0 aromatic carbocycles. The van der Waals surface area contributed by atoms with E-state index in [9.17, 15) is 13.5 Å². The minimum atomic E-state index is -3.59. The van der Waals surface area contributed by atoms with Gasteiger partial charge in [0.1, 0.15) is 12.2 Å². The van der Waals surface area contributed by atoms with E-state index in [1.807, 2.05) is 0 Å². The number of piperidine rings is 1. The Bertz CT molecular complexity index is 264. The summed E-state index contributed by atoms with van der Waals surface area (Å²) in [5.41, 5.74) is 0. The van der Waals surface area contributed by atoms with Gasteiger partial charge in [-0.25, -0.2) is 0 Å². The summed E-state index contributed by atoms with van der Waals surface area (Å²) in [6, 6.07) is 0. The maximum atomic E-state index is 10.7. The molecule has 0 aromatic heterocycles. The molecule has 0 unspecified atom stereocenters. The number of aliphatic hydroxyl groups is 2. The van der Waals surface area contributed by atoms with Crippen molar-refractivity contribution in [3.05, 3.63) is 0 Å². The Balaban J connectivity index is 2.59. The fourth-order valence-corrected chi connectivity index (χ4v) is 1.81. The summed E-state index contributed by atoms with van der Waals surface area (Å²) in [6.07, 6.45) is -2.14. The van der Waals surface area contributed by atoms with Crippen molar-refractivity contribution in [2.45, 2.75) is 18.3 Å². The third-order valence-corrected chi connectivity index (χ3v) is 2.37. The summed E-state index contributed by atoms with van der Waals surface area (Å²) < 4.78 is 26.0. The first-order valence-electron chi connectivity index (χ1n) is 3.85. The highest BCUT2D eigenvalue weighted by molar-refractivity contribution is 7.86. The molecule has 1 rings (SSSR count). The van der Waals surface area contributed by atoms with Gasteiger partial charge in [0.05, 0.1) is 12.4 Å². The topological polar surface area (TPSA) is 95.9 Å². The van der Waals surface area contributed by atoms with Crippen LogP contribution in [0.15, 0.2) is 0 Å². The lowest BCUT2D eigenvalue weighted by molar-refractivity contribution is -0.0629. The van der Waals surface area contributed by atoms with Crippen molar-refractivity contribution >= 4 is 10.1 Å². The first-order valence-corrected chi connectivity index (χ1v) is 5.67. The van der Waals surface area contributed by atoms with Crippen LogP contribution >= 0.6 is 0 Å². The highest BCUT2D eigenvalue weighted by Crippen LogP contribution is 2.10. The van der Waals surface area contributed by atoms with Crippen LogP contribution < -0.4 is 5.32 Å². The first-order chi connectivity index (χ1) is 5.90. The van der Waals surface area contributed by atoms with E-state index in [0.29, 0.717) is 0 Å². The predicted octanol–water partition coefficient (Wildman–Crippen LogP) is -2.34. The van der Waals surface area contributed by atoms with E-state index < -0.39 is 28.4 Å². The van der Waals surface area contributed by atoms with Crippen molar-refractivity contribution in [3.8, 4) is 0 Å². The molecule has 0 amide bonds. The predicted molar refractivity (Wildman–Crippen MR) is 44.6 cm³/mol. The molecular formula is C6H13NO5S. The van der Waals surface area contributed by atoms with E-state index in [2.05, 4.69) is 9.50 Å². The fourth-order valence-electron chi connectivity index (χ4n) is 1.18. The van der Waals surface area contributed by atoms with Gasteiger partial charge in [0.15, 0.2) is 0 Å². The van der Waals surface area contributed by atoms with Crippen LogP contribution in [0.5, 0.6) is 0 Å². The largest absolute Gasteiger partial charge is 0.389 e. The summed E-state index contributed by atoms with van der Waals surface area (Å²) >= 11 is 0. The van der Waals surface area contributed by atoms with Crippen LogP contribution in [-0.2, 0) is 14.3 Å². The van der Waals surface area contributed by atoms with Gasteiger partial charge in [-0.15, -0.1) is 0 Å². The quantitative estimate of drug-likeness (QED) is 0.443. The standard InChI is InChI=1S/C6H13NO5S/c1-13(10,11)12-5-3-7-2-4(8)6(5)9/h4-9H,2-3H2,1H3/t4-,5+,6+/m0/s1. The van der Waals surface area contributed by atoms with E-state index in [-0.39, 0.29) is 13.1 Å². The summed E-state index contributed by atoms with van der Waals surface area (Å²) in [4.78, 5) is 0. The van der Waals surface area contributed by atoms with Gasteiger partial charge in [-0.1, -0.05) is 0 Å². The van der Waals surface area contributed by atoms with Gasteiger partial charge in [0.2, 0.25) is 0 Å². The van der Waals surface area contributed by atoms with Crippen LogP contribution in [0, 0.1) is 0 Å². The molecule has 0 aliphatic carbocycles. The van der Waals surface area contributed by atoms with E-state index in [1.165, 1.54) is 0 Å². The van der Waals surface area contributed by atoms with Crippen molar-refractivity contribution in [2.24, 2.45) is 0 Å². The van der Waals surface area contributed by atoms with Crippen molar-refractivity contribution in [1.82, 2.24) is 5.32 Å². The zero-order valence-electron chi connectivity index (χ0n) is 7.17. The molecule has 0 spiro atoms. The molecule has 1 saturated heterocycles. The monoisotopic (exact) mass is 211 g/mol. The van der Waals surface area contributed by atoms with Gasteiger partial charge in [0.25, 0.3) is 10.1 Å². The molecule has 1 fully saturated rings.